The minimum atomic E-state index is 0.879. The van der Waals surface area contributed by atoms with Gasteiger partial charge in [-0.1, -0.05) is 60.3 Å². The first-order chi connectivity index (χ1) is 8.06. The molecule has 0 heteroatoms. The van der Waals surface area contributed by atoms with E-state index in [1.165, 1.54) is 38.5 Å². The molecule has 0 amide bonds. The quantitative estimate of drug-likeness (QED) is 0.531. The van der Waals surface area contributed by atoms with Crippen molar-refractivity contribution >= 4 is 0 Å². The minimum absolute atomic E-state index is 0.879. The van der Waals surface area contributed by atoms with Crippen LogP contribution in [0, 0.1) is 36.0 Å². The third-order valence-electron chi connectivity index (χ3n) is 4.89. The highest BCUT2D eigenvalue weighted by molar-refractivity contribution is 4.91. The molecule has 0 aromatic rings. The van der Waals surface area contributed by atoms with Gasteiger partial charge in [0, 0.05) is 0 Å². The summed E-state index contributed by atoms with van der Waals surface area (Å²) in [4.78, 5) is 0. The van der Waals surface area contributed by atoms with Gasteiger partial charge < -0.3 is 0 Å². The molecule has 0 aromatic carbocycles. The fraction of sp³-hybridized carbons (Fsp3) is 0.941. The van der Waals surface area contributed by atoms with Crippen molar-refractivity contribution < 1.29 is 0 Å². The number of rotatable bonds is 7. The van der Waals surface area contributed by atoms with E-state index in [-0.39, 0.29) is 0 Å². The normalized spacial score (nSPS) is 31.1. The number of hydrogen-bond donors (Lipinski definition) is 0. The Morgan fingerprint density at radius 2 is 1.82 bits per heavy atom. The third-order valence-corrected chi connectivity index (χ3v) is 4.89. The molecule has 1 radical (unpaired) electrons. The summed E-state index contributed by atoms with van der Waals surface area (Å²) < 4.78 is 0. The molecule has 4 atom stereocenters. The van der Waals surface area contributed by atoms with E-state index < -0.39 is 0 Å². The van der Waals surface area contributed by atoms with Gasteiger partial charge >= 0.3 is 0 Å². The molecule has 101 valence electrons. The summed E-state index contributed by atoms with van der Waals surface area (Å²) in [5, 5.41) is 0. The Labute approximate surface area is 110 Å². The molecule has 0 aromatic heterocycles. The van der Waals surface area contributed by atoms with Gasteiger partial charge in [-0.05, 0) is 48.9 Å². The molecule has 17 heavy (non-hydrogen) atoms. The van der Waals surface area contributed by atoms with Gasteiger partial charge in [0.2, 0.25) is 0 Å². The molecule has 0 spiro atoms. The maximum absolute atomic E-state index is 2.56. The topological polar surface area (TPSA) is 0 Å². The SMILES string of the molecule is CC[CH]C1CCC([C@H](C)CCCC(C)C)[C@@H]1C. The van der Waals surface area contributed by atoms with Crippen LogP contribution in [0.4, 0.5) is 0 Å². The Morgan fingerprint density at radius 1 is 1.12 bits per heavy atom. The molecule has 1 fully saturated rings. The Hall–Kier alpha value is 0. The standard InChI is InChI=1S/C17H33/c1-6-8-16-11-12-17(15(16)5)14(4)10-7-9-13(2)3/h8,13-17H,6-7,9-12H2,1-5H3/t14-,15-,16?,17?/m1/s1. The Kier molecular flexibility index (Phi) is 6.59. The van der Waals surface area contributed by atoms with Crippen LogP contribution in [-0.4, -0.2) is 0 Å². The predicted octanol–water partition coefficient (Wildman–Crippen LogP) is 5.73. The maximum atomic E-state index is 2.56. The number of hydrogen-bond acceptors (Lipinski definition) is 0. The highest BCUT2D eigenvalue weighted by Crippen LogP contribution is 2.43. The third kappa shape index (κ3) is 4.64. The van der Waals surface area contributed by atoms with E-state index in [0.717, 1.165) is 29.6 Å². The molecule has 1 aliphatic rings. The van der Waals surface area contributed by atoms with Crippen LogP contribution in [0.2, 0.25) is 0 Å². The van der Waals surface area contributed by atoms with Gasteiger partial charge in [0.1, 0.15) is 0 Å². The van der Waals surface area contributed by atoms with Crippen LogP contribution in [0.15, 0.2) is 0 Å². The first-order valence-corrected chi connectivity index (χ1v) is 7.89. The van der Waals surface area contributed by atoms with Crippen molar-refractivity contribution in [2.75, 3.05) is 0 Å². The van der Waals surface area contributed by atoms with Crippen molar-refractivity contribution in [2.45, 2.75) is 73.1 Å². The van der Waals surface area contributed by atoms with Gasteiger partial charge in [-0.2, -0.15) is 0 Å². The van der Waals surface area contributed by atoms with Gasteiger partial charge in [0.25, 0.3) is 0 Å². The monoisotopic (exact) mass is 237 g/mol. The van der Waals surface area contributed by atoms with Crippen molar-refractivity contribution in [3.8, 4) is 0 Å². The molecule has 0 bridgehead atoms. The van der Waals surface area contributed by atoms with Crippen molar-refractivity contribution in [2.24, 2.45) is 29.6 Å². The molecule has 1 aliphatic carbocycles. The van der Waals surface area contributed by atoms with Crippen LogP contribution < -0.4 is 0 Å². The summed E-state index contributed by atoms with van der Waals surface area (Å²) in [5.41, 5.74) is 0. The lowest BCUT2D eigenvalue weighted by atomic mass is 9.79. The van der Waals surface area contributed by atoms with Gasteiger partial charge in [0.15, 0.2) is 0 Å². The van der Waals surface area contributed by atoms with E-state index >= 15 is 0 Å². The van der Waals surface area contributed by atoms with Crippen molar-refractivity contribution in [3.05, 3.63) is 6.42 Å². The lowest BCUT2D eigenvalue weighted by Gasteiger charge is -2.26. The molecule has 1 saturated carbocycles. The smallest absolute Gasteiger partial charge is 0.0355 e. The van der Waals surface area contributed by atoms with Crippen molar-refractivity contribution in [1.82, 2.24) is 0 Å². The first kappa shape index (κ1) is 15.1. The summed E-state index contributed by atoms with van der Waals surface area (Å²) in [6, 6.07) is 0. The fourth-order valence-corrected chi connectivity index (χ4v) is 3.73. The Bertz CT molecular complexity index is 194. The molecule has 1 rings (SSSR count). The largest absolute Gasteiger partial charge is 0.0651 e. The Morgan fingerprint density at radius 3 is 2.41 bits per heavy atom. The second kappa shape index (κ2) is 7.44. The molecule has 0 heterocycles. The van der Waals surface area contributed by atoms with Gasteiger partial charge in [-0.15, -0.1) is 0 Å². The van der Waals surface area contributed by atoms with E-state index in [1.54, 1.807) is 0 Å². The minimum Gasteiger partial charge on any atom is -0.0651 e. The van der Waals surface area contributed by atoms with Crippen molar-refractivity contribution in [3.63, 3.8) is 0 Å². The second-order valence-corrected chi connectivity index (χ2v) is 6.71. The zero-order valence-electron chi connectivity index (χ0n) is 12.7. The molecular weight excluding hydrogens is 204 g/mol. The van der Waals surface area contributed by atoms with Crippen molar-refractivity contribution in [1.29, 1.82) is 0 Å². The van der Waals surface area contributed by atoms with E-state index in [4.69, 9.17) is 0 Å². The summed E-state index contributed by atoms with van der Waals surface area (Å²) >= 11 is 0. The van der Waals surface area contributed by atoms with E-state index in [0.29, 0.717) is 0 Å². The molecule has 0 saturated heterocycles. The van der Waals surface area contributed by atoms with E-state index in [1.807, 2.05) is 0 Å². The second-order valence-electron chi connectivity index (χ2n) is 6.71. The zero-order chi connectivity index (χ0) is 12.8. The van der Waals surface area contributed by atoms with Gasteiger partial charge in [0.05, 0.1) is 0 Å². The summed E-state index contributed by atoms with van der Waals surface area (Å²) in [6.07, 6.45) is 11.0. The molecule has 0 aliphatic heterocycles. The fourth-order valence-electron chi connectivity index (χ4n) is 3.73. The average Bonchev–Trinajstić information content (AvgIpc) is 2.60. The first-order valence-electron chi connectivity index (χ1n) is 7.89. The van der Waals surface area contributed by atoms with Crippen LogP contribution in [0.1, 0.15) is 73.1 Å². The Balaban J connectivity index is 2.30. The summed E-state index contributed by atoms with van der Waals surface area (Å²) in [5.74, 6) is 4.67. The highest BCUT2D eigenvalue weighted by Gasteiger charge is 2.34. The van der Waals surface area contributed by atoms with Crippen LogP contribution in [0.3, 0.4) is 0 Å². The zero-order valence-corrected chi connectivity index (χ0v) is 12.7. The van der Waals surface area contributed by atoms with Gasteiger partial charge in [-0.25, -0.2) is 0 Å². The lowest BCUT2D eigenvalue weighted by molar-refractivity contribution is 0.250. The molecule has 2 unspecified atom stereocenters. The molecular formula is C17H33. The van der Waals surface area contributed by atoms with Crippen LogP contribution in [0.5, 0.6) is 0 Å². The molecule has 0 nitrogen and oxygen atoms in total. The predicted molar refractivity (Wildman–Crippen MR) is 77.8 cm³/mol. The lowest BCUT2D eigenvalue weighted by Crippen LogP contribution is -2.18. The van der Waals surface area contributed by atoms with Crippen LogP contribution in [0.25, 0.3) is 0 Å². The average molecular weight is 237 g/mol. The summed E-state index contributed by atoms with van der Waals surface area (Å²) in [6.45, 7) is 12.0. The maximum Gasteiger partial charge on any atom is -0.0355 e. The van der Waals surface area contributed by atoms with Crippen LogP contribution >= 0.6 is 0 Å². The molecule has 0 N–H and O–H groups in total. The highest BCUT2D eigenvalue weighted by atomic mass is 14.4. The van der Waals surface area contributed by atoms with Crippen LogP contribution in [-0.2, 0) is 0 Å². The van der Waals surface area contributed by atoms with Gasteiger partial charge in [-0.3, -0.25) is 0 Å². The van der Waals surface area contributed by atoms with E-state index in [9.17, 15) is 0 Å². The summed E-state index contributed by atoms with van der Waals surface area (Å²) in [7, 11) is 0. The van der Waals surface area contributed by atoms with E-state index in [2.05, 4.69) is 41.0 Å².